The molecule has 17 heavy (non-hydrogen) atoms. The summed E-state index contributed by atoms with van der Waals surface area (Å²) in [6.07, 6.45) is 4.35. The van der Waals surface area contributed by atoms with Gasteiger partial charge in [0.1, 0.15) is 0 Å². The van der Waals surface area contributed by atoms with Gasteiger partial charge in [0.05, 0.1) is 12.6 Å². The minimum atomic E-state index is 0.437. The van der Waals surface area contributed by atoms with Gasteiger partial charge < -0.3 is 4.74 Å². The fraction of sp³-hybridized carbons (Fsp3) is 0.800. The van der Waals surface area contributed by atoms with Gasteiger partial charge in [0.15, 0.2) is 0 Å². The molecule has 1 heterocycles. The first-order chi connectivity index (χ1) is 8.06. The van der Waals surface area contributed by atoms with Gasteiger partial charge in [-0.1, -0.05) is 26.3 Å². The Morgan fingerprint density at radius 2 is 2.12 bits per heavy atom. The molecule has 1 aliphatic rings. The molecule has 98 valence electrons. The van der Waals surface area contributed by atoms with E-state index in [1.165, 1.54) is 17.6 Å². The van der Waals surface area contributed by atoms with Gasteiger partial charge in [-0.25, -0.2) is 0 Å². The van der Waals surface area contributed by atoms with Crippen molar-refractivity contribution in [1.29, 1.82) is 0 Å². The lowest BCUT2D eigenvalue weighted by atomic mass is 9.97. The molecule has 1 saturated heterocycles. The van der Waals surface area contributed by atoms with Crippen LogP contribution in [0.5, 0.6) is 0 Å². The van der Waals surface area contributed by atoms with Crippen molar-refractivity contribution in [3.63, 3.8) is 0 Å². The van der Waals surface area contributed by atoms with Crippen LogP contribution in [0.3, 0.4) is 0 Å². The van der Waals surface area contributed by atoms with Gasteiger partial charge in [0.25, 0.3) is 0 Å². The third kappa shape index (κ3) is 4.27. The molecule has 0 radical (unpaired) electrons. The first-order valence-corrected chi connectivity index (χ1v) is 6.84. The lowest BCUT2D eigenvalue weighted by Crippen LogP contribution is -2.18. The van der Waals surface area contributed by atoms with E-state index >= 15 is 0 Å². The molecule has 0 amide bonds. The molecule has 0 bridgehead atoms. The fourth-order valence-corrected chi connectivity index (χ4v) is 2.18. The molecular formula is C15H27NO. The van der Waals surface area contributed by atoms with Crippen molar-refractivity contribution in [3.05, 3.63) is 11.1 Å². The fourth-order valence-electron chi connectivity index (χ4n) is 2.18. The summed E-state index contributed by atoms with van der Waals surface area (Å²) < 4.78 is 5.45. The second-order valence-corrected chi connectivity index (χ2v) is 5.40. The molecule has 1 rings (SSSR count). The average molecular weight is 237 g/mol. The number of aliphatic imine (C=N–C) groups is 1. The summed E-state index contributed by atoms with van der Waals surface area (Å²) >= 11 is 0. The highest BCUT2D eigenvalue weighted by Crippen LogP contribution is 2.22. The molecule has 0 N–H and O–H groups in total. The van der Waals surface area contributed by atoms with Crippen molar-refractivity contribution < 1.29 is 4.74 Å². The average Bonchev–Trinajstić information content (AvgIpc) is 2.82. The molecule has 0 saturated carbocycles. The van der Waals surface area contributed by atoms with E-state index in [1.807, 2.05) is 0 Å². The van der Waals surface area contributed by atoms with Crippen molar-refractivity contribution in [1.82, 2.24) is 0 Å². The maximum absolute atomic E-state index is 5.45. The van der Waals surface area contributed by atoms with Crippen LogP contribution in [0.1, 0.15) is 47.5 Å². The highest BCUT2D eigenvalue weighted by atomic mass is 16.5. The van der Waals surface area contributed by atoms with Gasteiger partial charge >= 0.3 is 0 Å². The first kappa shape index (κ1) is 14.4. The normalized spacial score (nSPS) is 24.5. The Morgan fingerprint density at radius 3 is 2.59 bits per heavy atom. The maximum atomic E-state index is 5.45. The van der Waals surface area contributed by atoms with E-state index in [0.29, 0.717) is 17.9 Å². The second kappa shape index (κ2) is 6.95. The van der Waals surface area contributed by atoms with Crippen LogP contribution in [0.4, 0.5) is 0 Å². The minimum absolute atomic E-state index is 0.437. The molecule has 0 aromatic heterocycles. The van der Waals surface area contributed by atoms with Crippen LogP contribution in [-0.2, 0) is 4.74 Å². The molecular weight excluding hydrogens is 210 g/mol. The van der Waals surface area contributed by atoms with Crippen molar-refractivity contribution in [2.45, 2.75) is 53.5 Å². The number of ether oxygens (including phenoxy) is 1. The Balaban J connectivity index is 2.64. The third-order valence-corrected chi connectivity index (χ3v) is 3.88. The Kier molecular flexibility index (Phi) is 5.90. The Labute approximate surface area is 106 Å². The molecule has 0 aliphatic carbocycles. The van der Waals surface area contributed by atoms with Crippen LogP contribution >= 0.6 is 0 Å². The first-order valence-electron chi connectivity index (χ1n) is 6.84. The summed E-state index contributed by atoms with van der Waals surface area (Å²) in [5.41, 5.74) is 2.75. The van der Waals surface area contributed by atoms with Gasteiger partial charge in [-0.3, -0.25) is 4.99 Å². The van der Waals surface area contributed by atoms with Crippen LogP contribution in [0.15, 0.2) is 16.1 Å². The molecule has 2 heteroatoms. The third-order valence-electron chi connectivity index (χ3n) is 3.88. The summed E-state index contributed by atoms with van der Waals surface area (Å²) in [6.45, 7) is 12.8. The summed E-state index contributed by atoms with van der Waals surface area (Å²) in [4.78, 5) is 4.76. The maximum Gasteiger partial charge on any atom is 0.0548 e. The lowest BCUT2D eigenvalue weighted by molar-refractivity contribution is 0.180. The van der Waals surface area contributed by atoms with Gasteiger partial charge in [-0.05, 0) is 38.2 Å². The summed E-state index contributed by atoms with van der Waals surface area (Å²) in [5.74, 6) is 1.24. The van der Waals surface area contributed by atoms with E-state index in [9.17, 15) is 0 Å². The largest absolute Gasteiger partial charge is 0.381 e. The van der Waals surface area contributed by atoms with Crippen molar-refractivity contribution in [3.8, 4) is 0 Å². The van der Waals surface area contributed by atoms with E-state index in [2.05, 4.69) is 40.8 Å². The number of nitrogens with zero attached hydrogens (tertiary/aromatic N) is 1. The monoisotopic (exact) mass is 237 g/mol. The zero-order valence-electron chi connectivity index (χ0n) is 12.0. The molecule has 0 aromatic carbocycles. The van der Waals surface area contributed by atoms with E-state index in [1.54, 1.807) is 0 Å². The number of allylic oxidation sites excluding steroid dienone is 2. The van der Waals surface area contributed by atoms with E-state index in [0.717, 1.165) is 19.6 Å². The molecule has 1 fully saturated rings. The van der Waals surface area contributed by atoms with Crippen molar-refractivity contribution >= 4 is 6.21 Å². The zero-order chi connectivity index (χ0) is 12.8. The van der Waals surface area contributed by atoms with Crippen LogP contribution in [0.25, 0.3) is 0 Å². The van der Waals surface area contributed by atoms with E-state index < -0.39 is 0 Å². The quantitative estimate of drug-likeness (QED) is 0.665. The molecule has 2 atom stereocenters. The lowest BCUT2D eigenvalue weighted by Gasteiger charge is -2.16. The molecule has 2 nitrogen and oxygen atoms in total. The van der Waals surface area contributed by atoms with Crippen LogP contribution in [0, 0.1) is 11.8 Å². The summed E-state index contributed by atoms with van der Waals surface area (Å²) in [7, 11) is 0. The predicted molar refractivity (Wildman–Crippen MR) is 74.7 cm³/mol. The highest BCUT2D eigenvalue weighted by Gasteiger charge is 2.23. The number of hydrogen-bond acceptors (Lipinski definition) is 2. The second-order valence-electron chi connectivity index (χ2n) is 5.40. The van der Waals surface area contributed by atoms with Crippen LogP contribution in [-0.4, -0.2) is 25.5 Å². The Hall–Kier alpha value is -0.630. The van der Waals surface area contributed by atoms with Gasteiger partial charge in [-0.15, -0.1) is 0 Å². The zero-order valence-corrected chi connectivity index (χ0v) is 12.0. The smallest absolute Gasteiger partial charge is 0.0548 e. The molecule has 0 aromatic rings. The van der Waals surface area contributed by atoms with Gasteiger partial charge in [-0.2, -0.15) is 0 Å². The minimum Gasteiger partial charge on any atom is -0.381 e. The molecule has 1 aliphatic heterocycles. The number of rotatable bonds is 5. The van der Waals surface area contributed by atoms with Crippen molar-refractivity contribution in [2.75, 3.05) is 13.2 Å². The standard InChI is InChI=1S/C15H27NO/c1-6-15(14-7-8-17-10-14)16-9-12(4)13(5)11(2)3/h9,11,14-15H,6-8,10H2,1-5H3/b13-12+,16-9?. The SMILES string of the molecule is CCC(N=C/C(C)=C(\C)C(C)C)C1CCOC1. The Bertz CT molecular complexity index is 285. The predicted octanol–water partition coefficient (Wildman–Crippen LogP) is 3.86. The summed E-state index contributed by atoms with van der Waals surface area (Å²) in [5, 5.41) is 0. The van der Waals surface area contributed by atoms with Crippen molar-refractivity contribution in [2.24, 2.45) is 16.8 Å². The molecule has 2 unspecified atom stereocenters. The number of hydrogen-bond donors (Lipinski definition) is 0. The summed E-state index contributed by atoms with van der Waals surface area (Å²) in [6, 6.07) is 0.437. The van der Waals surface area contributed by atoms with Gasteiger partial charge in [0, 0.05) is 18.7 Å². The van der Waals surface area contributed by atoms with Gasteiger partial charge in [0.2, 0.25) is 0 Å². The Morgan fingerprint density at radius 1 is 1.41 bits per heavy atom. The molecule has 0 spiro atoms. The highest BCUT2D eigenvalue weighted by molar-refractivity contribution is 5.79. The van der Waals surface area contributed by atoms with Crippen LogP contribution in [0.2, 0.25) is 0 Å². The van der Waals surface area contributed by atoms with Crippen LogP contribution < -0.4 is 0 Å². The van der Waals surface area contributed by atoms with E-state index in [-0.39, 0.29) is 0 Å². The topological polar surface area (TPSA) is 21.6 Å². The van der Waals surface area contributed by atoms with E-state index in [4.69, 9.17) is 9.73 Å².